The van der Waals surface area contributed by atoms with Gasteiger partial charge in [-0.1, -0.05) is 12.1 Å². The highest BCUT2D eigenvalue weighted by atomic mass is 79.9. The van der Waals surface area contributed by atoms with Crippen LogP contribution in [-0.2, 0) is 10.9 Å². The fourth-order valence-electron chi connectivity index (χ4n) is 3.02. The lowest BCUT2D eigenvalue weighted by Gasteiger charge is -2.35. The number of nitrogens with one attached hydrogen (secondary N) is 2. The van der Waals surface area contributed by atoms with Crippen LogP contribution in [0.4, 0.5) is 13.2 Å². The smallest absolute Gasteiger partial charge is 0.379 e. The number of hydrogen-bond donors (Lipinski definition) is 2. The third kappa shape index (κ3) is 5.12. The van der Waals surface area contributed by atoms with E-state index in [1.54, 1.807) is 12.3 Å². The minimum atomic E-state index is -4.37. The molecule has 3 rings (SSSR count). The second-order valence-corrected chi connectivity index (χ2v) is 7.14. The number of aromatic amines is 1. The summed E-state index contributed by atoms with van der Waals surface area (Å²) in [5.41, 5.74) is 0.445. The van der Waals surface area contributed by atoms with Crippen LogP contribution in [0.1, 0.15) is 27.7 Å². The molecule has 1 aliphatic heterocycles. The first-order chi connectivity index (χ1) is 12.8. The predicted molar refractivity (Wildman–Crippen MR) is 97.4 cm³/mol. The zero-order valence-electron chi connectivity index (χ0n) is 14.4. The molecule has 1 amide bonds. The van der Waals surface area contributed by atoms with Gasteiger partial charge in [0.25, 0.3) is 5.91 Å². The zero-order valence-corrected chi connectivity index (χ0v) is 15.9. The zero-order chi connectivity index (χ0) is 19.4. The van der Waals surface area contributed by atoms with E-state index in [0.717, 1.165) is 22.2 Å². The average molecular weight is 446 g/mol. The lowest BCUT2D eigenvalue weighted by atomic mass is 10.0. The van der Waals surface area contributed by atoms with Crippen molar-refractivity contribution < 1.29 is 22.7 Å². The number of aromatic nitrogens is 1. The van der Waals surface area contributed by atoms with Crippen LogP contribution in [0.15, 0.2) is 41.0 Å². The first kappa shape index (κ1) is 19.9. The highest BCUT2D eigenvalue weighted by molar-refractivity contribution is 9.10. The SMILES string of the molecule is O=C(NCC(c1ccc(C(F)(F)F)cc1)N1CCOCC1)c1cc(Br)c[nH]1. The number of H-pyrrole nitrogens is 1. The molecule has 0 aliphatic carbocycles. The number of halogens is 4. The normalized spacial score (nSPS) is 16.9. The number of amides is 1. The molecular formula is C18H19BrF3N3O2. The van der Waals surface area contributed by atoms with Gasteiger partial charge >= 0.3 is 6.18 Å². The van der Waals surface area contributed by atoms with Crippen LogP contribution in [0, 0.1) is 0 Å². The van der Waals surface area contributed by atoms with E-state index in [1.807, 2.05) is 0 Å². The fourth-order valence-corrected chi connectivity index (χ4v) is 3.37. The quantitative estimate of drug-likeness (QED) is 0.738. The number of alkyl halides is 3. The summed E-state index contributed by atoms with van der Waals surface area (Å²) < 4.78 is 44.6. The summed E-state index contributed by atoms with van der Waals surface area (Å²) >= 11 is 3.28. The van der Waals surface area contributed by atoms with Crippen molar-refractivity contribution in [3.8, 4) is 0 Å². The van der Waals surface area contributed by atoms with Crippen LogP contribution < -0.4 is 5.32 Å². The summed E-state index contributed by atoms with van der Waals surface area (Å²) in [5.74, 6) is -0.272. The summed E-state index contributed by atoms with van der Waals surface area (Å²) in [6.45, 7) is 2.68. The first-order valence-corrected chi connectivity index (χ1v) is 9.25. The molecule has 27 heavy (non-hydrogen) atoms. The minimum absolute atomic E-state index is 0.237. The summed E-state index contributed by atoms with van der Waals surface area (Å²) in [6, 6.07) is 6.52. The largest absolute Gasteiger partial charge is 0.416 e. The monoisotopic (exact) mass is 445 g/mol. The molecule has 146 valence electrons. The second kappa shape index (κ2) is 8.45. The van der Waals surface area contributed by atoms with E-state index >= 15 is 0 Å². The predicted octanol–water partition coefficient (Wildman–Crippen LogP) is 3.60. The molecular weight excluding hydrogens is 427 g/mol. The van der Waals surface area contributed by atoms with Gasteiger partial charge in [0.05, 0.1) is 24.8 Å². The van der Waals surface area contributed by atoms with Crippen LogP contribution in [0.3, 0.4) is 0 Å². The Kier molecular flexibility index (Phi) is 6.23. The summed E-state index contributed by atoms with van der Waals surface area (Å²) in [4.78, 5) is 17.3. The maximum absolute atomic E-state index is 12.8. The highest BCUT2D eigenvalue weighted by Crippen LogP contribution is 2.31. The number of morpholine rings is 1. The van der Waals surface area contributed by atoms with E-state index in [-0.39, 0.29) is 18.5 Å². The van der Waals surface area contributed by atoms with Crippen LogP contribution >= 0.6 is 15.9 Å². The van der Waals surface area contributed by atoms with Crippen molar-refractivity contribution >= 4 is 21.8 Å². The molecule has 1 fully saturated rings. The van der Waals surface area contributed by atoms with Gasteiger partial charge in [-0.2, -0.15) is 13.2 Å². The maximum atomic E-state index is 12.8. The Balaban J connectivity index is 1.75. The van der Waals surface area contributed by atoms with Crippen molar-refractivity contribution in [2.24, 2.45) is 0 Å². The number of rotatable bonds is 5. The molecule has 0 saturated carbocycles. The molecule has 1 aromatic heterocycles. The first-order valence-electron chi connectivity index (χ1n) is 8.45. The van der Waals surface area contributed by atoms with Gasteiger partial charge in [-0.3, -0.25) is 9.69 Å². The molecule has 1 aliphatic rings. The Morgan fingerprint density at radius 3 is 2.48 bits per heavy atom. The number of carbonyl (C=O) groups excluding carboxylic acids is 1. The van der Waals surface area contributed by atoms with Gasteiger partial charge in [-0.15, -0.1) is 0 Å². The van der Waals surface area contributed by atoms with Gasteiger partial charge in [0.2, 0.25) is 0 Å². The molecule has 1 saturated heterocycles. The lowest BCUT2D eigenvalue weighted by Crippen LogP contribution is -2.43. The Bertz CT molecular complexity index is 771. The van der Waals surface area contributed by atoms with E-state index in [0.29, 0.717) is 32.0 Å². The van der Waals surface area contributed by atoms with Gasteiger partial charge in [-0.05, 0) is 39.7 Å². The molecule has 1 atom stereocenters. The Labute approximate surface area is 163 Å². The molecule has 9 heteroatoms. The van der Waals surface area contributed by atoms with Gasteiger partial charge in [0.1, 0.15) is 5.69 Å². The lowest BCUT2D eigenvalue weighted by molar-refractivity contribution is -0.137. The van der Waals surface area contributed by atoms with Gasteiger partial charge in [0, 0.05) is 30.3 Å². The third-order valence-corrected chi connectivity index (χ3v) is 4.92. The Morgan fingerprint density at radius 2 is 1.93 bits per heavy atom. The van der Waals surface area contributed by atoms with Crippen LogP contribution in [0.5, 0.6) is 0 Å². The molecule has 0 bridgehead atoms. The molecule has 1 aromatic carbocycles. The van der Waals surface area contributed by atoms with Crippen molar-refractivity contribution in [1.82, 2.24) is 15.2 Å². The van der Waals surface area contributed by atoms with E-state index in [2.05, 4.69) is 31.1 Å². The molecule has 2 N–H and O–H groups in total. The van der Waals surface area contributed by atoms with Gasteiger partial charge in [-0.25, -0.2) is 0 Å². The number of nitrogens with zero attached hydrogens (tertiary/aromatic N) is 1. The van der Waals surface area contributed by atoms with Crippen molar-refractivity contribution in [3.63, 3.8) is 0 Å². The molecule has 0 radical (unpaired) electrons. The summed E-state index contributed by atoms with van der Waals surface area (Å²) in [6.07, 6.45) is -2.72. The van der Waals surface area contributed by atoms with E-state index in [1.165, 1.54) is 12.1 Å². The Morgan fingerprint density at radius 1 is 1.26 bits per heavy atom. The number of carbonyl (C=O) groups is 1. The maximum Gasteiger partial charge on any atom is 0.416 e. The molecule has 1 unspecified atom stereocenters. The molecule has 5 nitrogen and oxygen atoms in total. The van der Waals surface area contributed by atoms with Crippen molar-refractivity contribution in [2.45, 2.75) is 12.2 Å². The van der Waals surface area contributed by atoms with Gasteiger partial charge in [0.15, 0.2) is 0 Å². The van der Waals surface area contributed by atoms with E-state index in [9.17, 15) is 18.0 Å². The summed E-state index contributed by atoms with van der Waals surface area (Å²) in [7, 11) is 0. The van der Waals surface area contributed by atoms with E-state index < -0.39 is 11.7 Å². The Hall–Kier alpha value is -1.84. The van der Waals surface area contributed by atoms with Crippen LogP contribution in [-0.4, -0.2) is 48.6 Å². The van der Waals surface area contributed by atoms with Crippen molar-refractivity contribution in [3.05, 3.63) is 57.8 Å². The standard InChI is InChI=1S/C18H19BrF3N3O2/c19-14-9-15(23-10-14)17(26)24-11-16(25-5-7-27-8-6-25)12-1-3-13(4-2-12)18(20,21)22/h1-4,9-10,16,23H,5-8,11H2,(H,24,26). The highest BCUT2D eigenvalue weighted by Gasteiger charge is 2.31. The minimum Gasteiger partial charge on any atom is -0.379 e. The van der Waals surface area contributed by atoms with Crippen molar-refractivity contribution in [2.75, 3.05) is 32.8 Å². The number of benzene rings is 1. The molecule has 2 heterocycles. The third-order valence-electron chi connectivity index (χ3n) is 4.46. The van der Waals surface area contributed by atoms with Crippen LogP contribution in [0.25, 0.3) is 0 Å². The average Bonchev–Trinajstić information content (AvgIpc) is 3.09. The molecule has 2 aromatic rings. The fraction of sp³-hybridized carbons (Fsp3) is 0.389. The number of ether oxygens (including phenoxy) is 1. The number of hydrogen-bond acceptors (Lipinski definition) is 3. The van der Waals surface area contributed by atoms with E-state index in [4.69, 9.17) is 4.74 Å². The molecule has 0 spiro atoms. The van der Waals surface area contributed by atoms with Gasteiger partial charge < -0.3 is 15.0 Å². The second-order valence-electron chi connectivity index (χ2n) is 6.23. The summed E-state index contributed by atoms with van der Waals surface area (Å²) in [5, 5.41) is 2.86. The topological polar surface area (TPSA) is 57.4 Å². The van der Waals surface area contributed by atoms with Crippen molar-refractivity contribution in [1.29, 1.82) is 0 Å². The van der Waals surface area contributed by atoms with Crippen LogP contribution in [0.2, 0.25) is 0 Å².